The van der Waals surface area contributed by atoms with Crippen molar-refractivity contribution in [2.45, 2.75) is 6.42 Å². The molecule has 0 saturated carbocycles. The number of anilines is 1. The summed E-state index contributed by atoms with van der Waals surface area (Å²) < 4.78 is 0. The highest BCUT2D eigenvalue weighted by Crippen LogP contribution is 2.28. The molecule has 1 amide bonds. The third kappa shape index (κ3) is 1.87. The molecular formula is C13H11N3O3. The van der Waals surface area contributed by atoms with E-state index in [0.717, 1.165) is 23.9 Å². The van der Waals surface area contributed by atoms with Crippen molar-refractivity contribution in [2.24, 2.45) is 0 Å². The molecule has 0 aliphatic carbocycles. The Labute approximate surface area is 107 Å². The summed E-state index contributed by atoms with van der Waals surface area (Å²) in [5, 5.41) is 0. The van der Waals surface area contributed by atoms with Crippen LogP contribution >= 0.6 is 0 Å². The molecule has 0 unspecified atom stereocenters. The van der Waals surface area contributed by atoms with Gasteiger partial charge in [-0.05, 0) is 18.1 Å². The number of nitrogens with zero attached hydrogens (tertiary/aromatic N) is 1. The van der Waals surface area contributed by atoms with Gasteiger partial charge >= 0.3 is 5.69 Å². The van der Waals surface area contributed by atoms with Crippen molar-refractivity contribution in [3.05, 3.63) is 62.4 Å². The standard InChI is InChI=1S/C13H11N3O3/c17-11-9(7-14-13(19)15-11)12(18)16-6-5-8-3-1-2-4-10(8)16/h1-4,7H,5-6H2,(H2,14,15,17,19). The number of benzene rings is 1. The first kappa shape index (κ1) is 11.5. The van der Waals surface area contributed by atoms with E-state index in [1.807, 2.05) is 24.3 Å². The molecule has 2 aromatic rings. The minimum Gasteiger partial charge on any atom is -0.313 e. The van der Waals surface area contributed by atoms with Crippen LogP contribution in [0.1, 0.15) is 15.9 Å². The maximum Gasteiger partial charge on any atom is 0.325 e. The number of H-pyrrole nitrogens is 2. The molecule has 2 N–H and O–H groups in total. The zero-order valence-corrected chi connectivity index (χ0v) is 9.97. The van der Waals surface area contributed by atoms with Crippen LogP contribution in [0.2, 0.25) is 0 Å². The van der Waals surface area contributed by atoms with Crippen LogP contribution in [0.25, 0.3) is 0 Å². The van der Waals surface area contributed by atoms with Gasteiger partial charge in [0.25, 0.3) is 11.5 Å². The van der Waals surface area contributed by atoms with Crippen molar-refractivity contribution >= 4 is 11.6 Å². The summed E-state index contributed by atoms with van der Waals surface area (Å²) in [7, 11) is 0. The fourth-order valence-corrected chi connectivity index (χ4v) is 2.26. The van der Waals surface area contributed by atoms with Crippen molar-refractivity contribution in [2.75, 3.05) is 11.4 Å². The lowest BCUT2D eigenvalue weighted by Crippen LogP contribution is -2.36. The molecule has 1 aromatic carbocycles. The normalized spacial score (nSPS) is 13.4. The van der Waals surface area contributed by atoms with Crippen LogP contribution in [-0.2, 0) is 6.42 Å². The van der Waals surface area contributed by atoms with E-state index in [1.54, 1.807) is 4.90 Å². The average molecular weight is 257 g/mol. The number of hydrogen-bond donors (Lipinski definition) is 2. The van der Waals surface area contributed by atoms with Crippen LogP contribution in [0.3, 0.4) is 0 Å². The molecule has 0 bridgehead atoms. The van der Waals surface area contributed by atoms with Gasteiger partial charge in [0.15, 0.2) is 0 Å². The van der Waals surface area contributed by atoms with Crippen LogP contribution in [0.5, 0.6) is 0 Å². The van der Waals surface area contributed by atoms with Crippen molar-refractivity contribution in [1.29, 1.82) is 0 Å². The zero-order chi connectivity index (χ0) is 13.4. The van der Waals surface area contributed by atoms with E-state index < -0.39 is 17.2 Å². The topological polar surface area (TPSA) is 86.0 Å². The number of amides is 1. The molecule has 0 atom stereocenters. The summed E-state index contributed by atoms with van der Waals surface area (Å²) in [6.07, 6.45) is 1.92. The van der Waals surface area contributed by atoms with Crippen molar-refractivity contribution < 1.29 is 4.79 Å². The zero-order valence-electron chi connectivity index (χ0n) is 9.97. The van der Waals surface area contributed by atoms with Crippen molar-refractivity contribution in [3.63, 3.8) is 0 Å². The van der Waals surface area contributed by atoms with E-state index in [2.05, 4.69) is 9.97 Å². The number of fused-ring (bicyclic) bond motifs is 1. The van der Waals surface area contributed by atoms with Gasteiger partial charge in [-0.25, -0.2) is 4.79 Å². The van der Waals surface area contributed by atoms with Gasteiger partial charge in [-0.3, -0.25) is 14.6 Å². The van der Waals surface area contributed by atoms with E-state index in [1.165, 1.54) is 0 Å². The largest absolute Gasteiger partial charge is 0.325 e. The van der Waals surface area contributed by atoms with Gasteiger partial charge in [0, 0.05) is 18.4 Å². The Kier molecular flexibility index (Phi) is 2.56. The summed E-state index contributed by atoms with van der Waals surface area (Å²) in [6, 6.07) is 7.57. The fourth-order valence-electron chi connectivity index (χ4n) is 2.26. The third-order valence-corrected chi connectivity index (χ3v) is 3.18. The highest BCUT2D eigenvalue weighted by molar-refractivity contribution is 6.06. The summed E-state index contributed by atoms with van der Waals surface area (Å²) >= 11 is 0. The summed E-state index contributed by atoms with van der Waals surface area (Å²) in [6.45, 7) is 0.538. The molecule has 96 valence electrons. The van der Waals surface area contributed by atoms with E-state index in [-0.39, 0.29) is 5.56 Å². The maximum atomic E-state index is 12.3. The Hall–Kier alpha value is -2.63. The van der Waals surface area contributed by atoms with Gasteiger partial charge in [-0.15, -0.1) is 0 Å². The van der Waals surface area contributed by atoms with Crippen LogP contribution < -0.4 is 16.1 Å². The predicted octanol–water partition coefficient (Wildman–Crippen LogP) is 0.266. The Morgan fingerprint density at radius 3 is 2.79 bits per heavy atom. The molecule has 0 spiro atoms. The van der Waals surface area contributed by atoms with Crippen LogP contribution in [0.15, 0.2) is 40.1 Å². The average Bonchev–Trinajstić information content (AvgIpc) is 2.82. The Morgan fingerprint density at radius 2 is 2.00 bits per heavy atom. The molecule has 6 heteroatoms. The van der Waals surface area contributed by atoms with Crippen LogP contribution in [-0.4, -0.2) is 22.4 Å². The summed E-state index contributed by atoms with van der Waals surface area (Å²) in [4.78, 5) is 40.8. The second kappa shape index (κ2) is 4.24. The SMILES string of the molecule is O=C(c1c[nH]c(=O)[nH]c1=O)N1CCc2ccccc21. The first-order valence-electron chi connectivity index (χ1n) is 5.88. The number of carbonyl (C=O) groups is 1. The monoisotopic (exact) mass is 257 g/mol. The lowest BCUT2D eigenvalue weighted by atomic mass is 10.2. The van der Waals surface area contributed by atoms with E-state index >= 15 is 0 Å². The number of nitrogens with one attached hydrogen (secondary N) is 2. The number of aromatic amines is 2. The maximum absolute atomic E-state index is 12.3. The van der Waals surface area contributed by atoms with Gasteiger partial charge in [0.05, 0.1) is 0 Å². The molecule has 19 heavy (non-hydrogen) atoms. The first-order chi connectivity index (χ1) is 9.16. The molecule has 1 aliphatic heterocycles. The van der Waals surface area contributed by atoms with E-state index in [0.29, 0.717) is 6.54 Å². The summed E-state index contributed by atoms with van der Waals surface area (Å²) in [5.41, 5.74) is 0.549. The van der Waals surface area contributed by atoms with E-state index in [4.69, 9.17) is 0 Å². The highest BCUT2D eigenvalue weighted by Gasteiger charge is 2.26. The molecule has 1 aliphatic rings. The second-order valence-electron chi connectivity index (χ2n) is 4.32. The molecule has 2 heterocycles. The third-order valence-electron chi connectivity index (χ3n) is 3.18. The van der Waals surface area contributed by atoms with E-state index in [9.17, 15) is 14.4 Å². The van der Waals surface area contributed by atoms with Gasteiger partial charge in [0.2, 0.25) is 0 Å². The molecule has 3 rings (SSSR count). The molecule has 6 nitrogen and oxygen atoms in total. The van der Waals surface area contributed by atoms with Crippen molar-refractivity contribution in [3.8, 4) is 0 Å². The van der Waals surface area contributed by atoms with Gasteiger partial charge in [0.1, 0.15) is 5.56 Å². The van der Waals surface area contributed by atoms with Crippen molar-refractivity contribution in [1.82, 2.24) is 9.97 Å². The smallest absolute Gasteiger partial charge is 0.313 e. The highest BCUT2D eigenvalue weighted by atomic mass is 16.2. The number of hydrogen-bond acceptors (Lipinski definition) is 3. The minimum atomic E-state index is -0.668. The van der Waals surface area contributed by atoms with Crippen LogP contribution in [0, 0.1) is 0 Å². The predicted molar refractivity (Wildman–Crippen MR) is 69.5 cm³/mol. The van der Waals surface area contributed by atoms with Gasteiger partial charge in [-0.2, -0.15) is 0 Å². The molecule has 0 saturated heterocycles. The number of rotatable bonds is 1. The lowest BCUT2D eigenvalue weighted by molar-refractivity contribution is 0.0987. The number of aromatic nitrogens is 2. The Bertz CT molecular complexity index is 760. The van der Waals surface area contributed by atoms with Gasteiger partial charge < -0.3 is 9.88 Å². The first-order valence-corrected chi connectivity index (χ1v) is 5.88. The number of carbonyl (C=O) groups excluding carboxylic acids is 1. The Morgan fingerprint density at radius 1 is 1.21 bits per heavy atom. The lowest BCUT2D eigenvalue weighted by Gasteiger charge is -2.16. The van der Waals surface area contributed by atoms with Crippen LogP contribution in [0.4, 0.5) is 5.69 Å². The molecular weight excluding hydrogens is 246 g/mol. The molecule has 0 fully saturated rings. The van der Waals surface area contributed by atoms with Gasteiger partial charge in [-0.1, -0.05) is 18.2 Å². The second-order valence-corrected chi connectivity index (χ2v) is 4.32. The quantitative estimate of drug-likeness (QED) is 0.768. The minimum absolute atomic E-state index is 0.0590. The fraction of sp³-hybridized carbons (Fsp3) is 0.154. The number of para-hydroxylation sites is 1. The Balaban J connectivity index is 2.03. The summed E-state index contributed by atoms with van der Waals surface area (Å²) in [5.74, 6) is -0.401. The molecule has 0 radical (unpaired) electrons. The molecule has 1 aromatic heterocycles.